The van der Waals surface area contributed by atoms with Crippen LogP contribution in [0.3, 0.4) is 0 Å². The van der Waals surface area contributed by atoms with Gasteiger partial charge in [0.05, 0.1) is 7.14 Å². The van der Waals surface area contributed by atoms with Crippen molar-refractivity contribution >= 4 is 14.2 Å². The summed E-state index contributed by atoms with van der Waals surface area (Å²) in [6.07, 6.45) is 3.03. The fraction of sp³-hybridized carbons (Fsp3) is 1.00. The maximum absolute atomic E-state index is 11.8. The summed E-state index contributed by atoms with van der Waals surface area (Å²) < 4.78 is 11.8. The molecule has 1 aliphatic rings. The topological polar surface area (TPSA) is 49.3 Å². The van der Waals surface area contributed by atoms with Crippen molar-refractivity contribution in [1.29, 1.82) is 0 Å². The summed E-state index contributed by atoms with van der Waals surface area (Å²) in [5, 5.41) is 12.2. The lowest BCUT2D eigenvalue weighted by Crippen LogP contribution is -2.38. The summed E-state index contributed by atoms with van der Waals surface area (Å²) in [4.78, 5) is 0. The first kappa shape index (κ1) is 11.3. The van der Waals surface area contributed by atoms with E-state index >= 15 is 0 Å². The van der Waals surface area contributed by atoms with E-state index in [1.54, 1.807) is 6.82 Å². The molecule has 1 saturated carbocycles. The molecule has 13 heavy (non-hydrogen) atoms. The Morgan fingerprint density at radius 3 is 2.46 bits per heavy atom. The van der Waals surface area contributed by atoms with E-state index in [9.17, 15) is 4.57 Å². The summed E-state index contributed by atoms with van der Waals surface area (Å²) >= 11 is 0. The third-order valence-corrected chi connectivity index (χ3v) is 4.99. The fourth-order valence-corrected chi connectivity index (χ4v) is 3.55. The van der Waals surface area contributed by atoms with Crippen molar-refractivity contribution in [1.82, 2.24) is 5.23 Å². The van der Waals surface area contributed by atoms with Gasteiger partial charge in [-0.3, -0.25) is 0 Å². The second-order valence-corrected chi connectivity index (χ2v) is 8.04. The van der Waals surface area contributed by atoms with E-state index in [0.717, 1.165) is 19.3 Å². The average Bonchev–Trinajstić information content (AvgIpc) is 2.32. The van der Waals surface area contributed by atoms with E-state index in [1.807, 2.05) is 13.3 Å². The molecule has 0 saturated heterocycles. The van der Waals surface area contributed by atoms with Crippen molar-refractivity contribution in [3.63, 3.8) is 0 Å². The maximum atomic E-state index is 11.8. The standard InChI is InChI=1S/C8H19BNO2P/c1-9(11)10-7-4-5-8(6-7)13(2,3)12/h7-8,10-11H,4-6H2,1-3H3/t7-,8+/m0/s1. The summed E-state index contributed by atoms with van der Waals surface area (Å²) in [6.45, 7) is 5.45. The minimum atomic E-state index is -1.92. The van der Waals surface area contributed by atoms with Crippen LogP contribution in [0.5, 0.6) is 0 Å². The smallest absolute Gasteiger partial charge is 0.373 e. The van der Waals surface area contributed by atoms with Crippen LogP contribution in [0.25, 0.3) is 0 Å². The van der Waals surface area contributed by atoms with E-state index < -0.39 is 14.2 Å². The van der Waals surface area contributed by atoms with Gasteiger partial charge < -0.3 is 14.8 Å². The van der Waals surface area contributed by atoms with Crippen LogP contribution >= 0.6 is 7.14 Å². The van der Waals surface area contributed by atoms with Gasteiger partial charge in [0.1, 0.15) is 0 Å². The Balaban J connectivity index is 2.41. The summed E-state index contributed by atoms with van der Waals surface area (Å²) in [7, 11) is -2.36. The normalized spacial score (nSPS) is 29.2. The van der Waals surface area contributed by atoms with Crippen LogP contribution in [0.4, 0.5) is 0 Å². The fourth-order valence-electron chi connectivity index (χ4n) is 2.01. The molecule has 1 rings (SSSR count). The zero-order chi connectivity index (χ0) is 10.1. The lowest BCUT2D eigenvalue weighted by Gasteiger charge is -2.16. The molecular formula is C8H19BNO2P. The van der Waals surface area contributed by atoms with E-state index in [4.69, 9.17) is 5.02 Å². The predicted molar refractivity (Wildman–Crippen MR) is 57.9 cm³/mol. The Morgan fingerprint density at radius 1 is 1.46 bits per heavy atom. The van der Waals surface area contributed by atoms with Gasteiger partial charge in [-0.2, -0.15) is 0 Å². The number of hydrogen-bond acceptors (Lipinski definition) is 3. The molecule has 5 heteroatoms. The van der Waals surface area contributed by atoms with Crippen LogP contribution in [0.2, 0.25) is 6.82 Å². The second kappa shape index (κ2) is 4.16. The highest BCUT2D eigenvalue weighted by atomic mass is 31.2. The average molecular weight is 203 g/mol. The Hall–Kier alpha value is 0.215. The second-order valence-electron chi connectivity index (χ2n) is 4.44. The van der Waals surface area contributed by atoms with Crippen molar-refractivity contribution in [2.45, 2.75) is 37.8 Å². The molecule has 2 N–H and O–H groups in total. The maximum Gasteiger partial charge on any atom is 0.373 e. The molecule has 1 fully saturated rings. The van der Waals surface area contributed by atoms with Crippen LogP contribution in [-0.4, -0.2) is 37.1 Å². The third kappa shape index (κ3) is 3.45. The lowest BCUT2D eigenvalue weighted by molar-refractivity contribution is 0.517. The van der Waals surface area contributed by atoms with Crippen LogP contribution < -0.4 is 5.23 Å². The van der Waals surface area contributed by atoms with Crippen molar-refractivity contribution in [2.24, 2.45) is 0 Å². The quantitative estimate of drug-likeness (QED) is 0.535. The van der Waals surface area contributed by atoms with Gasteiger partial charge in [0.2, 0.25) is 0 Å². The Morgan fingerprint density at radius 2 is 2.08 bits per heavy atom. The van der Waals surface area contributed by atoms with Crippen LogP contribution in [0.15, 0.2) is 0 Å². The molecule has 76 valence electrons. The summed E-state index contributed by atoms with van der Waals surface area (Å²) in [5.41, 5.74) is 0.365. The molecule has 0 aromatic carbocycles. The van der Waals surface area contributed by atoms with Crippen LogP contribution in [-0.2, 0) is 4.57 Å². The lowest BCUT2D eigenvalue weighted by atomic mass is 9.87. The molecule has 2 atom stereocenters. The number of hydrogen-bond donors (Lipinski definition) is 2. The van der Waals surface area contributed by atoms with Crippen molar-refractivity contribution in [3.8, 4) is 0 Å². The number of nitrogens with one attached hydrogen (secondary N) is 1. The molecular weight excluding hydrogens is 184 g/mol. The van der Waals surface area contributed by atoms with E-state index in [2.05, 4.69) is 5.23 Å². The van der Waals surface area contributed by atoms with Gasteiger partial charge in [0, 0.05) is 5.66 Å². The first-order valence-corrected chi connectivity index (χ1v) is 7.55. The molecule has 0 aromatic heterocycles. The SMILES string of the molecule is CB(O)N[C@H]1CC[C@@H](P(C)(C)=O)C1. The Kier molecular flexibility index (Phi) is 3.61. The van der Waals surface area contributed by atoms with E-state index in [0.29, 0.717) is 11.7 Å². The Labute approximate surface area is 80.8 Å². The number of rotatable bonds is 3. The summed E-state index contributed by atoms with van der Waals surface area (Å²) in [6, 6.07) is 0.359. The highest BCUT2D eigenvalue weighted by Crippen LogP contribution is 2.49. The van der Waals surface area contributed by atoms with Gasteiger partial charge in [0.25, 0.3) is 0 Å². The van der Waals surface area contributed by atoms with E-state index in [1.165, 1.54) is 0 Å². The van der Waals surface area contributed by atoms with Gasteiger partial charge in [-0.05, 0) is 45.5 Å². The first-order valence-electron chi connectivity index (χ1n) is 4.88. The molecule has 0 amide bonds. The minimum absolute atomic E-state index is 0.359. The van der Waals surface area contributed by atoms with Gasteiger partial charge in [0.15, 0.2) is 0 Å². The molecule has 0 aromatic rings. The van der Waals surface area contributed by atoms with Crippen molar-refractivity contribution < 1.29 is 9.59 Å². The summed E-state index contributed by atoms with van der Waals surface area (Å²) in [5.74, 6) is 0. The zero-order valence-electron chi connectivity index (χ0n) is 8.66. The zero-order valence-corrected chi connectivity index (χ0v) is 9.55. The first-order chi connectivity index (χ1) is 5.89. The highest BCUT2D eigenvalue weighted by Gasteiger charge is 2.32. The van der Waals surface area contributed by atoms with Gasteiger partial charge >= 0.3 is 7.05 Å². The molecule has 0 radical (unpaired) electrons. The largest absolute Gasteiger partial charge is 0.437 e. The molecule has 1 aliphatic carbocycles. The van der Waals surface area contributed by atoms with E-state index in [-0.39, 0.29) is 0 Å². The van der Waals surface area contributed by atoms with Gasteiger partial charge in [-0.15, -0.1) is 0 Å². The third-order valence-electron chi connectivity index (χ3n) is 2.76. The van der Waals surface area contributed by atoms with Gasteiger partial charge in [-0.1, -0.05) is 0 Å². The molecule has 0 bridgehead atoms. The Bertz CT molecular complexity index is 216. The van der Waals surface area contributed by atoms with Crippen molar-refractivity contribution in [3.05, 3.63) is 0 Å². The minimum Gasteiger partial charge on any atom is -0.437 e. The molecule has 3 nitrogen and oxygen atoms in total. The van der Waals surface area contributed by atoms with Crippen LogP contribution in [0.1, 0.15) is 19.3 Å². The molecule has 0 heterocycles. The monoisotopic (exact) mass is 203 g/mol. The van der Waals surface area contributed by atoms with Crippen molar-refractivity contribution in [2.75, 3.05) is 13.3 Å². The van der Waals surface area contributed by atoms with Crippen LogP contribution in [0, 0.1) is 0 Å². The molecule has 0 aliphatic heterocycles. The predicted octanol–water partition coefficient (Wildman–Crippen LogP) is 1.23. The molecule has 0 unspecified atom stereocenters. The van der Waals surface area contributed by atoms with Gasteiger partial charge in [-0.25, -0.2) is 0 Å². The molecule has 0 spiro atoms. The highest BCUT2D eigenvalue weighted by molar-refractivity contribution is 7.63.